The fraction of sp³-hybridized carbons (Fsp3) is 0. The maximum absolute atomic E-state index is 12.9. The maximum atomic E-state index is 12.9. The first kappa shape index (κ1) is 12.7. The highest BCUT2D eigenvalue weighted by Crippen LogP contribution is 2.31. The van der Waals surface area contributed by atoms with Gasteiger partial charge in [-0.2, -0.15) is 0 Å². The van der Waals surface area contributed by atoms with Gasteiger partial charge in [0, 0.05) is 16.0 Å². The fourth-order valence-electron chi connectivity index (χ4n) is 1.99. The third-order valence-electron chi connectivity index (χ3n) is 3.00. The van der Waals surface area contributed by atoms with Crippen LogP contribution in [0.15, 0.2) is 46.9 Å². The van der Waals surface area contributed by atoms with Gasteiger partial charge < -0.3 is 10.2 Å². The summed E-state index contributed by atoms with van der Waals surface area (Å²) < 4.78 is 18.3. The molecule has 0 fully saturated rings. The van der Waals surface area contributed by atoms with Crippen molar-refractivity contribution in [2.24, 2.45) is 0 Å². The van der Waals surface area contributed by atoms with E-state index in [0.29, 0.717) is 21.6 Å². The first-order valence-electron chi connectivity index (χ1n) is 5.84. The Morgan fingerprint density at radius 2 is 1.85 bits per heavy atom. The molecule has 1 aromatic heterocycles. The van der Waals surface area contributed by atoms with Crippen molar-refractivity contribution in [1.29, 1.82) is 0 Å². The van der Waals surface area contributed by atoms with Gasteiger partial charge in [-0.3, -0.25) is 4.79 Å². The minimum Gasteiger partial charge on any atom is -0.450 e. The Kier molecular flexibility index (Phi) is 2.95. The minimum absolute atomic E-state index is 0.0360. The molecule has 3 rings (SSSR count). The second-order valence-corrected chi connectivity index (χ2v) is 4.76. The Morgan fingerprint density at radius 1 is 1.15 bits per heavy atom. The standard InChI is InChI=1S/C15H9ClFNO2/c16-9-3-6-12-11(7-9)13(18)15(20-12)14(19)8-1-4-10(17)5-2-8/h1-7H,18H2. The van der Waals surface area contributed by atoms with Crippen molar-refractivity contribution in [2.75, 3.05) is 5.73 Å². The summed E-state index contributed by atoms with van der Waals surface area (Å²) in [5.74, 6) is -0.769. The van der Waals surface area contributed by atoms with Crippen LogP contribution in [0.4, 0.5) is 10.1 Å². The number of furan rings is 1. The number of fused-ring (bicyclic) bond motifs is 1. The number of carbonyl (C=O) groups excluding carboxylic acids is 1. The smallest absolute Gasteiger partial charge is 0.230 e. The Hall–Kier alpha value is -2.33. The molecule has 0 saturated carbocycles. The molecule has 0 aliphatic carbocycles. The summed E-state index contributed by atoms with van der Waals surface area (Å²) in [5, 5.41) is 1.09. The number of hydrogen-bond acceptors (Lipinski definition) is 3. The van der Waals surface area contributed by atoms with Crippen molar-refractivity contribution in [2.45, 2.75) is 0 Å². The summed E-state index contributed by atoms with van der Waals surface area (Å²) >= 11 is 5.89. The Bertz CT molecular complexity index is 809. The molecule has 0 saturated heterocycles. The van der Waals surface area contributed by atoms with E-state index in [0.717, 1.165) is 0 Å². The molecular weight excluding hydrogens is 281 g/mol. The van der Waals surface area contributed by atoms with E-state index in [4.69, 9.17) is 21.8 Å². The van der Waals surface area contributed by atoms with E-state index >= 15 is 0 Å². The number of nitrogen functional groups attached to an aromatic ring is 1. The maximum Gasteiger partial charge on any atom is 0.230 e. The molecule has 100 valence electrons. The summed E-state index contributed by atoms with van der Waals surface area (Å²) in [4.78, 5) is 12.3. The molecule has 2 aromatic carbocycles. The molecule has 0 amide bonds. The van der Waals surface area contributed by atoms with Crippen LogP contribution in [0.25, 0.3) is 11.0 Å². The van der Waals surface area contributed by atoms with Crippen LogP contribution in [0.1, 0.15) is 16.1 Å². The van der Waals surface area contributed by atoms with Crippen LogP contribution < -0.4 is 5.73 Å². The van der Waals surface area contributed by atoms with Gasteiger partial charge in [-0.25, -0.2) is 4.39 Å². The third kappa shape index (κ3) is 2.04. The molecule has 0 spiro atoms. The monoisotopic (exact) mass is 289 g/mol. The molecule has 1 heterocycles. The average molecular weight is 290 g/mol. The van der Waals surface area contributed by atoms with Gasteiger partial charge in [0.05, 0.1) is 5.69 Å². The first-order valence-corrected chi connectivity index (χ1v) is 6.22. The van der Waals surface area contributed by atoms with Gasteiger partial charge in [-0.1, -0.05) is 11.6 Å². The van der Waals surface area contributed by atoms with Crippen molar-refractivity contribution in [1.82, 2.24) is 0 Å². The minimum atomic E-state index is -0.411. The Labute approximate surface area is 118 Å². The highest BCUT2D eigenvalue weighted by molar-refractivity contribution is 6.31. The molecule has 0 aliphatic rings. The lowest BCUT2D eigenvalue weighted by atomic mass is 10.1. The van der Waals surface area contributed by atoms with Crippen LogP contribution in [-0.2, 0) is 0 Å². The van der Waals surface area contributed by atoms with Crippen LogP contribution in [0.3, 0.4) is 0 Å². The molecule has 0 aliphatic heterocycles. The topological polar surface area (TPSA) is 56.2 Å². The van der Waals surface area contributed by atoms with Gasteiger partial charge in [0.15, 0.2) is 5.76 Å². The normalized spacial score (nSPS) is 10.9. The molecule has 3 nitrogen and oxygen atoms in total. The lowest BCUT2D eigenvalue weighted by Gasteiger charge is -1.98. The van der Waals surface area contributed by atoms with Gasteiger partial charge in [0.2, 0.25) is 5.78 Å². The van der Waals surface area contributed by atoms with Crippen molar-refractivity contribution < 1.29 is 13.6 Å². The number of benzene rings is 2. The second-order valence-electron chi connectivity index (χ2n) is 4.32. The van der Waals surface area contributed by atoms with Gasteiger partial charge >= 0.3 is 0 Å². The third-order valence-corrected chi connectivity index (χ3v) is 3.24. The van der Waals surface area contributed by atoms with E-state index in [2.05, 4.69) is 0 Å². The molecule has 2 N–H and O–H groups in total. The highest BCUT2D eigenvalue weighted by Gasteiger charge is 2.20. The summed E-state index contributed by atoms with van der Waals surface area (Å²) in [6, 6.07) is 10.1. The summed E-state index contributed by atoms with van der Waals surface area (Å²) in [5.41, 5.74) is 6.95. The summed E-state index contributed by atoms with van der Waals surface area (Å²) in [6.07, 6.45) is 0. The predicted octanol–water partition coefficient (Wildman–Crippen LogP) is 4.04. The van der Waals surface area contributed by atoms with Crippen LogP contribution in [0, 0.1) is 5.82 Å². The zero-order chi connectivity index (χ0) is 14.3. The first-order chi connectivity index (χ1) is 9.56. The van der Waals surface area contributed by atoms with Gasteiger partial charge in [0.1, 0.15) is 11.4 Å². The number of ketones is 1. The van der Waals surface area contributed by atoms with E-state index in [1.807, 2.05) is 0 Å². The number of halogens is 2. The largest absolute Gasteiger partial charge is 0.450 e. The van der Waals surface area contributed by atoms with Crippen LogP contribution >= 0.6 is 11.6 Å². The average Bonchev–Trinajstić information content (AvgIpc) is 2.76. The zero-order valence-corrected chi connectivity index (χ0v) is 10.9. The van der Waals surface area contributed by atoms with Crippen LogP contribution in [0.5, 0.6) is 0 Å². The van der Waals surface area contributed by atoms with E-state index in [1.165, 1.54) is 24.3 Å². The second kappa shape index (κ2) is 4.65. The van der Waals surface area contributed by atoms with Crippen molar-refractivity contribution in [3.8, 4) is 0 Å². The van der Waals surface area contributed by atoms with Crippen LogP contribution in [-0.4, -0.2) is 5.78 Å². The molecule has 0 bridgehead atoms. The van der Waals surface area contributed by atoms with Crippen molar-refractivity contribution in [3.05, 3.63) is 64.6 Å². The van der Waals surface area contributed by atoms with Gasteiger partial charge in [-0.15, -0.1) is 0 Å². The Balaban J connectivity index is 2.12. The Morgan fingerprint density at radius 3 is 2.55 bits per heavy atom. The lowest BCUT2D eigenvalue weighted by molar-refractivity contribution is 0.101. The van der Waals surface area contributed by atoms with Crippen LogP contribution in [0.2, 0.25) is 5.02 Å². The summed E-state index contributed by atoms with van der Waals surface area (Å²) in [7, 11) is 0. The van der Waals surface area contributed by atoms with E-state index in [1.54, 1.807) is 18.2 Å². The number of nitrogens with two attached hydrogens (primary N) is 1. The highest BCUT2D eigenvalue weighted by atomic mass is 35.5. The molecule has 0 radical (unpaired) electrons. The molecule has 20 heavy (non-hydrogen) atoms. The van der Waals surface area contributed by atoms with Gasteiger partial charge in [-0.05, 0) is 42.5 Å². The SMILES string of the molecule is Nc1c(C(=O)c2ccc(F)cc2)oc2ccc(Cl)cc12. The number of hydrogen-bond donors (Lipinski definition) is 1. The number of anilines is 1. The molecular formula is C15H9ClFNO2. The number of carbonyl (C=O) groups is 1. The van der Waals surface area contributed by atoms with Gasteiger partial charge in [0.25, 0.3) is 0 Å². The molecule has 5 heteroatoms. The van der Waals surface area contributed by atoms with Crippen molar-refractivity contribution in [3.63, 3.8) is 0 Å². The molecule has 3 aromatic rings. The quantitative estimate of drug-likeness (QED) is 0.724. The van der Waals surface area contributed by atoms with E-state index < -0.39 is 11.6 Å². The zero-order valence-electron chi connectivity index (χ0n) is 10.2. The van der Waals surface area contributed by atoms with Crippen molar-refractivity contribution >= 4 is 34.0 Å². The summed E-state index contributed by atoms with van der Waals surface area (Å²) in [6.45, 7) is 0. The van der Waals surface area contributed by atoms with E-state index in [9.17, 15) is 9.18 Å². The predicted molar refractivity (Wildman–Crippen MR) is 75.5 cm³/mol. The lowest BCUT2D eigenvalue weighted by Crippen LogP contribution is -2.02. The fourth-order valence-corrected chi connectivity index (χ4v) is 2.16. The number of rotatable bonds is 2. The van der Waals surface area contributed by atoms with E-state index in [-0.39, 0.29) is 11.4 Å². The molecule has 0 unspecified atom stereocenters. The molecule has 0 atom stereocenters.